The predicted octanol–water partition coefficient (Wildman–Crippen LogP) is 4.73. The number of hydrogen-bond donors (Lipinski definition) is 0. The van der Waals surface area contributed by atoms with Gasteiger partial charge in [-0.15, -0.1) is 0 Å². The lowest BCUT2D eigenvalue weighted by atomic mass is 10.00. The minimum absolute atomic E-state index is 0.535. The van der Waals surface area contributed by atoms with Crippen LogP contribution in [-0.4, -0.2) is 6.21 Å². The van der Waals surface area contributed by atoms with Gasteiger partial charge in [0.05, 0.1) is 5.69 Å². The van der Waals surface area contributed by atoms with Crippen molar-refractivity contribution in [1.29, 1.82) is 0 Å². The molecule has 0 N–H and O–H groups in total. The highest BCUT2D eigenvalue weighted by atomic mass is 14.7. The molecule has 0 unspecified atom stereocenters. The number of benzene rings is 1. The summed E-state index contributed by atoms with van der Waals surface area (Å²) in [6, 6.07) is 6.33. The van der Waals surface area contributed by atoms with E-state index >= 15 is 0 Å². The predicted molar refractivity (Wildman–Crippen MR) is 73.6 cm³/mol. The molecule has 0 bridgehead atoms. The Morgan fingerprint density at radius 2 is 2.06 bits per heavy atom. The van der Waals surface area contributed by atoms with Gasteiger partial charge in [-0.25, -0.2) is 0 Å². The summed E-state index contributed by atoms with van der Waals surface area (Å²) in [6.07, 6.45) is 7.54. The monoisotopic (exact) mass is 213 g/mol. The van der Waals surface area contributed by atoms with Crippen LogP contribution in [0.25, 0.3) is 6.08 Å². The second-order valence-electron chi connectivity index (χ2n) is 3.98. The smallest absolute Gasteiger partial charge is 0.0701 e. The Kier molecular flexibility index (Phi) is 4.71. The largest absolute Gasteiger partial charge is 0.256 e. The maximum atomic E-state index is 4.38. The van der Waals surface area contributed by atoms with Gasteiger partial charge in [0.2, 0.25) is 0 Å². The Hall–Kier alpha value is -1.63. The van der Waals surface area contributed by atoms with E-state index in [1.165, 1.54) is 5.56 Å². The van der Waals surface area contributed by atoms with Crippen molar-refractivity contribution in [2.24, 2.45) is 4.99 Å². The van der Waals surface area contributed by atoms with Gasteiger partial charge in [0.15, 0.2) is 0 Å². The molecule has 0 heterocycles. The van der Waals surface area contributed by atoms with Crippen LogP contribution in [-0.2, 0) is 0 Å². The number of rotatable bonds is 4. The van der Waals surface area contributed by atoms with E-state index in [1.807, 2.05) is 31.2 Å². The summed E-state index contributed by atoms with van der Waals surface area (Å²) in [5, 5.41) is 0. The molecule has 0 aliphatic rings. The van der Waals surface area contributed by atoms with E-state index in [1.54, 1.807) is 6.21 Å². The summed E-state index contributed by atoms with van der Waals surface area (Å²) in [4.78, 5) is 4.38. The fourth-order valence-corrected chi connectivity index (χ4v) is 1.42. The minimum Gasteiger partial charge on any atom is -0.256 e. The van der Waals surface area contributed by atoms with Crippen LogP contribution in [0.15, 0.2) is 41.9 Å². The molecule has 0 spiro atoms. The maximum absolute atomic E-state index is 4.38. The molecule has 16 heavy (non-hydrogen) atoms. The maximum Gasteiger partial charge on any atom is 0.0701 e. The molecule has 84 valence electrons. The standard InChI is InChI=1S/C15H19N/c1-5-7-10-16-15-9-8-14(12(3)4)11-13(15)6-2/h5-12H,2H2,1,3-4H3. The second kappa shape index (κ2) is 6.06. The summed E-state index contributed by atoms with van der Waals surface area (Å²) in [6.45, 7) is 10.2. The summed E-state index contributed by atoms with van der Waals surface area (Å²) < 4.78 is 0. The van der Waals surface area contributed by atoms with Gasteiger partial charge in [0.25, 0.3) is 0 Å². The highest BCUT2D eigenvalue weighted by molar-refractivity contribution is 5.77. The van der Waals surface area contributed by atoms with Crippen molar-refractivity contribution in [1.82, 2.24) is 0 Å². The number of allylic oxidation sites excluding steroid dienone is 2. The SMILES string of the molecule is C=Cc1cc(C(C)C)ccc1N=CC=CC. The van der Waals surface area contributed by atoms with Gasteiger partial charge in [-0.2, -0.15) is 0 Å². The van der Waals surface area contributed by atoms with Gasteiger partial charge in [-0.1, -0.05) is 38.6 Å². The molecule has 0 amide bonds. The van der Waals surface area contributed by atoms with Crippen molar-refractivity contribution in [2.45, 2.75) is 26.7 Å². The van der Waals surface area contributed by atoms with Gasteiger partial charge in [0.1, 0.15) is 0 Å². The molecule has 0 aromatic heterocycles. The van der Waals surface area contributed by atoms with Crippen LogP contribution in [0.3, 0.4) is 0 Å². The lowest BCUT2D eigenvalue weighted by molar-refractivity contribution is 0.866. The number of hydrogen-bond acceptors (Lipinski definition) is 1. The van der Waals surface area contributed by atoms with Crippen molar-refractivity contribution in [2.75, 3.05) is 0 Å². The van der Waals surface area contributed by atoms with Gasteiger partial charge >= 0.3 is 0 Å². The van der Waals surface area contributed by atoms with Crippen molar-refractivity contribution in [3.8, 4) is 0 Å². The molecule has 1 aromatic rings. The van der Waals surface area contributed by atoms with Crippen molar-refractivity contribution in [3.63, 3.8) is 0 Å². The van der Waals surface area contributed by atoms with Crippen molar-refractivity contribution < 1.29 is 0 Å². The van der Waals surface area contributed by atoms with Crippen LogP contribution >= 0.6 is 0 Å². The molecular weight excluding hydrogens is 194 g/mol. The Bertz CT molecular complexity index is 411. The van der Waals surface area contributed by atoms with Crippen LogP contribution in [0, 0.1) is 0 Å². The fraction of sp³-hybridized carbons (Fsp3) is 0.267. The van der Waals surface area contributed by atoms with Gasteiger partial charge in [0, 0.05) is 6.21 Å². The zero-order valence-electron chi connectivity index (χ0n) is 10.3. The number of nitrogens with zero attached hydrogens (tertiary/aromatic N) is 1. The topological polar surface area (TPSA) is 12.4 Å². The van der Waals surface area contributed by atoms with Gasteiger partial charge in [-0.05, 0) is 42.2 Å². The van der Waals surface area contributed by atoms with Crippen LogP contribution in [0.1, 0.15) is 37.8 Å². The quantitative estimate of drug-likeness (QED) is 0.641. The average Bonchev–Trinajstić information content (AvgIpc) is 2.29. The molecule has 0 aliphatic carbocycles. The molecule has 0 saturated carbocycles. The van der Waals surface area contributed by atoms with E-state index in [0.29, 0.717) is 5.92 Å². The molecule has 0 aliphatic heterocycles. The summed E-state index contributed by atoms with van der Waals surface area (Å²) in [5.74, 6) is 0.535. The fourth-order valence-electron chi connectivity index (χ4n) is 1.42. The molecule has 1 rings (SSSR count). The molecule has 0 saturated heterocycles. The first-order valence-corrected chi connectivity index (χ1v) is 5.60. The molecule has 1 aromatic carbocycles. The highest BCUT2D eigenvalue weighted by Crippen LogP contribution is 2.25. The third kappa shape index (κ3) is 3.20. The second-order valence-corrected chi connectivity index (χ2v) is 3.98. The van der Waals surface area contributed by atoms with E-state index in [4.69, 9.17) is 0 Å². The van der Waals surface area contributed by atoms with Crippen LogP contribution in [0.4, 0.5) is 5.69 Å². The zero-order valence-corrected chi connectivity index (χ0v) is 10.3. The van der Waals surface area contributed by atoms with E-state index in [-0.39, 0.29) is 0 Å². The summed E-state index contributed by atoms with van der Waals surface area (Å²) in [5.41, 5.74) is 3.38. The third-order valence-corrected chi connectivity index (χ3v) is 2.43. The Morgan fingerprint density at radius 1 is 1.31 bits per heavy atom. The lowest BCUT2D eigenvalue weighted by Gasteiger charge is -2.08. The Morgan fingerprint density at radius 3 is 2.62 bits per heavy atom. The molecule has 0 radical (unpaired) electrons. The third-order valence-electron chi connectivity index (χ3n) is 2.43. The Labute approximate surface area is 98.2 Å². The minimum atomic E-state index is 0.535. The highest BCUT2D eigenvalue weighted by Gasteiger charge is 2.02. The molecule has 1 heteroatoms. The van der Waals surface area contributed by atoms with Gasteiger partial charge < -0.3 is 0 Å². The van der Waals surface area contributed by atoms with Crippen molar-refractivity contribution in [3.05, 3.63) is 48.1 Å². The van der Waals surface area contributed by atoms with E-state index < -0.39 is 0 Å². The molecule has 0 atom stereocenters. The molecule has 1 nitrogen and oxygen atoms in total. The summed E-state index contributed by atoms with van der Waals surface area (Å²) >= 11 is 0. The number of aliphatic imine (C=N–C) groups is 1. The first-order valence-electron chi connectivity index (χ1n) is 5.60. The van der Waals surface area contributed by atoms with Crippen molar-refractivity contribution >= 4 is 18.0 Å². The van der Waals surface area contributed by atoms with E-state index in [0.717, 1.165) is 11.3 Å². The average molecular weight is 213 g/mol. The first-order chi connectivity index (χ1) is 7.69. The van der Waals surface area contributed by atoms with Crippen LogP contribution < -0.4 is 0 Å². The Balaban J connectivity index is 3.06. The van der Waals surface area contributed by atoms with E-state index in [9.17, 15) is 0 Å². The first kappa shape index (κ1) is 12.4. The van der Waals surface area contributed by atoms with Gasteiger partial charge in [-0.3, -0.25) is 4.99 Å². The molecule has 0 fully saturated rings. The molecular formula is C15H19N. The van der Waals surface area contributed by atoms with Crippen LogP contribution in [0.2, 0.25) is 0 Å². The van der Waals surface area contributed by atoms with E-state index in [2.05, 4.69) is 37.6 Å². The normalized spacial score (nSPS) is 11.8. The van der Waals surface area contributed by atoms with Crippen LogP contribution in [0.5, 0.6) is 0 Å². The lowest BCUT2D eigenvalue weighted by Crippen LogP contribution is -1.87. The zero-order chi connectivity index (χ0) is 12.0. The summed E-state index contributed by atoms with van der Waals surface area (Å²) in [7, 11) is 0.